The molecule has 19 heavy (non-hydrogen) atoms. The number of carbonyl (C=O) groups is 1. The first-order valence-corrected chi connectivity index (χ1v) is 7.15. The van der Waals surface area contributed by atoms with E-state index in [0.717, 1.165) is 0 Å². The number of hydrazine groups is 1. The van der Waals surface area contributed by atoms with Crippen molar-refractivity contribution in [1.82, 2.24) is 10.3 Å². The van der Waals surface area contributed by atoms with E-state index < -0.39 is 22.5 Å². The van der Waals surface area contributed by atoms with Crippen LogP contribution in [0.5, 0.6) is 5.75 Å². The number of amides is 1. The van der Waals surface area contributed by atoms with Crippen LogP contribution in [0.15, 0.2) is 30.2 Å². The molecular formula is C10H10Cl2N2O4S. The van der Waals surface area contributed by atoms with Gasteiger partial charge in [0.2, 0.25) is 10.0 Å². The predicted octanol–water partition coefficient (Wildman–Crippen LogP) is 1.47. The van der Waals surface area contributed by atoms with E-state index >= 15 is 0 Å². The van der Waals surface area contributed by atoms with E-state index in [1.54, 1.807) is 4.83 Å². The highest BCUT2D eigenvalue weighted by Crippen LogP contribution is 2.26. The molecule has 6 nitrogen and oxygen atoms in total. The lowest BCUT2D eigenvalue weighted by atomic mass is 10.3. The van der Waals surface area contributed by atoms with Crippen LogP contribution >= 0.6 is 23.2 Å². The molecule has 2 N–H and O–H groups in total. The Kier molecular flexibility index (Phi) is 5.61. The van der Waals surface area contributed by atoms with Crippen molar-refractivity contribution in [2.24, 2.45) is 0 Å². The van der Waals surface area contributed by atoms with Crippen LogP contribution in [0.25, 0.3) is 0 Å². The summed E-state index contributed by atoms with van der Waals surface area (Å²) in [5.74, 6) is -0.354. The second-order valence-corrected chi connectivity index (χ2v) is 5.67. The summed E-state index contributed by atoms with van der Waals surface area (Å²) in [5, 5.41) is 1.30. The van der Waals surface area contributed by atoms with Gasteiger partial charge in [0.25, 0.3) is 5.91 Å². The van der Waals surface area contributed by atoms with Crippen molar-refractivity contribution < 1.29 is 17.9 Å². The Morgan fingerprint density at radius 1 is 1.37 bits per heavy atom. The summed E-state index contributed by atoms with van der Waals surface area (Å²) in [6, 6.07) is 4.47. The maximum Gasteiger partial charge on any atom is 0.272 e. The molecule has 0 bridgehead atoms. The van der Waals surface area contributed by atoms with E-state index in [9.17, 15) is 13.2 Å². The van der Waals surface area contributed by atoms with Crippen molar-refractivity contribution in [3.8, 4) is 5.75 Å². The number of sulfonamides is 1. The number of benzene rings is 1. The first-order chi connectivity index (χ1) is 8.84. The Morgan fingerprint density at radius 2 is 2.05 bits per heavy atom. The Morgan fingerprint density at radius 3 is 2.63 bits per heavy atom. The summed E-state index contributed by atoms with van der Waals surface area (Å²) in [4.78, 5) is 13.1. The van der Waals surface area contributed by atoms with E-state index in [4.69, 9.17) is 27.9 Å². The molecule has 0 aromatic heterocycles. The highest BCUT2D eigenvalue weighted by molar-refractivity contribution is 7.92. The third-order valence-electron chi connectivity index (χ3n) is 1.81. The molecular weight excluding hydrogens is 315 g/mol. The molecule has 9 heteroatoms. The van der Waals surface area contributed by atoms with Gasteiger partial charge in [0.1, 0.15) is 5.75 Å². The van der Waals surface area contributed by atoms with Crippen molar-refractivity contribution >= 4 is 39.1 Å². The summed E-state index contributed by atoms with van der Waals surface area (Å²) in [7, 11) is -3.72. The summed E-state index contributed by atoms with van der Waals surface area (Å²) in [5.41, 5.74) is 1.94. The molecule has 1 rings (SSSR count). The molecule has 0 aliphatic heterocycles. The maximum atomic E-state index is 11.3. The minimum absolute atomic E-state index is 0.284. The van der Waals surface area contributed by atoms with Gasteiger partial charge in [-0.3, -0.25) is 10.2 Å². The topological polar surface area (TPSA) is 84.5 Å². The molecule has 1 aromatic rings. The van der Waals surface area contributed by atoms with Crippen LogP contribution in [-0.2, 0) is 14.8 Å². The number of halogens is 2. The van der Waals surface area contributed by atoms with E-state index in [2.05, 4.69) is 6.58 Å². The van der Waals surface area contributed by atoms with Gasteiger partial charge in [-0.1, -0.05) is 29.8 Å². The minimum atomic E-state index is -3.72. The zero-order valence-electron chi connectivity index (χ0n) is 9.52. The molecule has 0 radical (unpaired) electrons. The van der Waals surface area contributed by atoms with Crippen molar-refractivity contribution in [3.05, 3.63) is 40.2 Å². The molecule has 1 amide bonds. The van der Waals surface area contributed by atoms with Crippen LogP contribution in [0.1, 0.15) is 0 Å². The second kappa shape index (κ2) is 6.76. The number of nitrogens with one attached hydrogen (secondary N) is 2. The van der Waals surface area contributed by atoms with E-state index in [0.29, 0.717) is 16.2 Å². The summed E-state index contributed by atoms with van der Waals surface area (Å²) < 4.78 is 27.0. The molecule has 0 unspecified atom stereocenters. The van der Waals surface area contributed by atoms with Crippen molar-refractivity contribution in [2.45, 2.75) is 0 Å². The van der Waals surface area contributed by atoms with Crippen LogP contribution < -0.4 is 15.0 Å². The van der Waals surface area contributed by atoms with Crippen molar-refractivity contribution in [2.75, 3.05) is 6.61 Å². The summed E-state index contributed by atoms with van der Waals surface area (Å²) in [6.07, 6.45) is 0. The van der Waals surface area contributed by atoms with E-state index in [1.165, 1.54) is 18.2 Å². The van der Waals surface area contributed by atoms with Crippen molar-refractivity contribution in [3.63, 3.8) is 0 Å². The van der Waals surface area contributed by atoms with E-state index in [-0.39, 0.29) is 5.02 Å². The van der Waals surface area contributed by atoms with Gasteiger partial charge < -0.3 is 4.74 Å². The van der Waals surface area contributed by atoms with Gasteiger partial charge >= 0.3 is 0 Å². The number of hydrogen-bond donors (Lipinski definition) is 2. The molecule has 0 aliphatic rings. The number of hydrogen-bond acceptors (Lipinski definition) is 4. The van der Waals surface area contributed by atoms with Crippen LogP contribution in [0, 0.1) is 0 Å². The Balaban J connectivity index is 2.46. The molecule has 0 saturated heterocycles. The van der Waals surface area contributed by atoms with Gasteiger partial charge in [-0.15, -0.1) is 4.83 Å². The zero-order chi connectivity index (χ0) is 14.5. The van der Waals surface area contributed by atoms with Gasteiger partial charge in [0.15, 0.2) is 6.61 Å². The fraction of sp³-hybridized carbons (Fsp3) is 0.100. The van der Waals surface area contributed by atoms with Crippen molar-refractivity contribution in [1.29, 1.82) is 0 Å². The second-order valence-electron chi connectivity index (χ2n) is 3.23. The Hall–Kier alpha value is -1.28. The molecule has 104 valence electrons. The predicted molar refractivity (Wildman–Crippen MR) is 72.4 cm³/mol. The Bertz CT molecular complexity index is 589. The van der Waals surface area contributed by atoms with Crippen LogP contribution in [0.3, 0.4) is 0 Å². The van der Waals surface area contributed by atoms with Gasteiger partial charge in [0, 0.05) is 11.5 Å². The maximum absolute atomic E-state index is 11.3. The third-order valence-corrected chi connectivity index (χ3v) is 3.38. The monoisotopic (exact) mass is 324 g/mol. The van der Waals surface area contributed by atoms with Gasteiger partial charge in [-0.2, -0.15) is 0 Å². The fourth-order valence-electron chi connectivity index (χ4n) is 0.921. The largest absolute Gasteiger partial charge is 0.484 e. The lowest BCUT2D eigenvalue weighted by Gasteiger charge is -2.08. The molecule has 0 spiro atoms. The van der Waals surface area contributed by atoms with Gasteiger partial charge in [-0.25, -0.2) is 8.42 Å². The molecule has 0 aliphatic carbocycles. The summed E-state index contributed by atoms with van der Waals surface area (Å²) >= 11 is 11.5. The molecule has 1 aromatic carbocycles. The quantitative estimate of drug-likeness (QED) is 0.776. The van der Waals surface area contributed by atoms with Gasteiger partial charge in [-0.05, 0) is 12.1 Å². The molecule has 0 heterocycles. The van der Waals surface area contributed by atoms with Crippen LogP contribution in [0.4, 0.5) is 0 Å². The first kappa shape index (κ1) is 15.8. The molecule has 0 saturated carbocycles. The average Bonchev–Trinajstić information content (AvgIpc) is 2.38. The number of rotatable bonds is 6. The third kappa shape index (κ3) is 5.48. The first-order valence-electron chi connectivity index (χ1n) is 4.85. The Labute approximate surface area is 120 Å². The normalized spacial score (nSPS) is 10.8. The highest BCUT2D eigenvalue weighted by Gasteiger charge is 2.08. The number of carbonyl (C=O) groups excluding carboxylic acids is 1. The number of ether oxygens (including phenoxy) is 1. The fourth-order valence-corrected chi connectivity index (χ4v) is 1.55. The van der Waals surface area contributed by atoms with E-state index in [1.807, 2.05) is 5.43 Å². The average molecular weight is 325 g/mol. The smallest absolute Gasteiger partial charge is 0.272 e. The SMILES string of the molecule is C=CS(=O)(=O)NNC(=O)COc1ccc(Cl)c(Cl)c1. The zero-order valence-corrected chi connectivity index (χ0v) is 11.8. The molecule has 0 atom stereocenters. The van der Waals surface area contributed by atoms with Crippen LogP contribution in [-0.4, -0.2) is 20.9 Å². The minimum Gasteiger partial charge on any atom is -0.484 e. The standard InChI is InChI=1S/C10H10Cl2N2O4S/c1-2-19(16,17)14-13-10(15)6-18-7-3-4-8(11)9(12)5-7/h2-5,14H,1,6H2,(H,13,15). The lowest BCUT2D eigenvalue weighted by Crippen LogP contribution is -2.42. The highest BCUT2D eigenvalue weighted by atomic mass is 35.5. The molecule has 0 fully saturated rings. The van der Waals surface area contributed by atoms with Gasteiger partial charge in [0.05, 0.1) is 10.0 Å². The summed E-state index contributed by atoms with van der Waals surface area (Å²) in [6.45, 7) is 2.67. The van der Waals surface area contributed by atoms with Crippen LogP contribution in [0.2, 0.25) is 10.0 Å². The lowest BCUT2D eigenvalue weighted by molar-refractivity contribution is -0.123.